The third kappa shape index (κ3) is 2.43. The Morgan fingerprint density at radius 1 is 1.31 bits per heavy atom. The van der Waals surface area contributed by atoms with E-state index in [1.165, 1.54) is 0 Å². The van der Waals surface area contributed by atoms with Gasteiger partial charge in [-0.2, -0.15) is 5.26 Å². The van der Waals surface area contributed by atoms with Crippen molar-refractivity contribution in [1.82, 2.24) is 9.88 Å². The highest BCUT2D eigenvalue weighted by Gasteiger charge is 2.16. The molecule has 0 aliphatic carbocycles. The molecule has 0 N–H and O–H groups in total. The Labute approximate surface area is 100 Å². The SMILES string of the molecule is CN1CCN(c2cc(C#N)cc(Cl)n2)CC1. The largest absolute Gasteiger partial charge is 0.354 e. The number of hydrogen-bond acceptors (Lipinski definition) is 4. The topological polar surface area (TPSA) is 43.2 Å². The van der Waals surface area contributed by atoms with Crippen molar-refractivity contribution in [3.63, 3.8) is 0 Å². The average Bonchev–Trinajstić information content (AvgIpc) is 2.29. The molecule has 0 radical (unpaired) electrons. The van der Waals surface area contributed by atoms with Crippen LogP contribution < -0.4 is 4.90 Å². The molecule has 0 unspecified atom stereocenters. The van der Waals surface area contributed by atoms with Crippen molar-refractivity contribution < 1.29 is 0 Å². The van der Waals surface area contributed by atoms with Crippen molar-refractivity contribution in [2.75, 3.05) is 38.1 Å². The van der Waals surface area contributed by atoms with Crippen LogP contribution in [0.25, 0.3) is 0 Å². The maximum absolute atomic E-state index is 8.86. The third-order valence-electron chi connectivity index (χ3n) is 2.74. The van der Waals surface area contributed by atoms with Gasteiger partial charge in [0.25, 0.3) is 0 Å². The molecule has 1 aliphatic rings. The number of halogens is 1. The molecular weight excluding hydrogens is 224 g/mol. The van der Waals surface area contributed by atoms with Gasteiger partial charge in [-0.1, -0.05) is 11.6 Å². The normalized spacial score (nSPS) is 17.2. The van der Waals surface area contributed by atoms with Crippen LogP contribution in [0.2, 0.25) is 5.15 Å². The molecule has 0 saturated carbocycles. The number of rotatable bonds is 1. The molecule has 0 aromatic carbocycles. The lowest BCUT2D eigenvalue weighted by molar-refractivity contribution is 0.312. The molecule has 2 rings (SSSR count). The van der Waals surface area contributed by atoms with E-state index in [1.807, 2.05) is 0 Å². The van der Waals surface area contributed by atoms with Crippen LogP contribution in [0, 0.1) is 11.3 Å². The molecule has 1 aromatic heterocycles. The number of anilines is 1. The maximum Gasteiger partial charge on any atom is 0.132 e. The molecule has 1 saturated heterocycles. The summed E-state index contributed by atoms with van der Waals surface area (Å²) < 4.78 is 0. The zero-order valence-corrected chi connectivity index (χ0v) is 9.91. The minimum atomic E-state index is 0.382. The Hall–Kier alpha value is -1.31. The second kappa shape index (κ2) is 4.69. The van der Waals surface area contributed by atoms with E-state index < -0.39 is 0 Å². The highest BCUT2D eigenvalue weighted by molar-refractivity contribution is 6.29. The number of piperazine rings is 1. The fourth-order valence-electron chi connectivity index (χ4n) is 1.75. The molecule has 2 heterocycles. The van der Waals surface area contributed by atoms with E-state index in [0.29, 0.717) is 10.7 Å². The fraction of sp³-hybridized carbons (Fsp3) is 0.455. The number of nitrogens with zero attached hydrogens (tertiary/aromatic N) is 4. The van der Waals surface area contributed by atoms with Gasteiger partial charge in [0.05, 0.1) is 11.6 Å². The van der Waals surface area contributed by atoms with E-state index in [1.54, 1.807) is 12.1 Å². The molecule has 84 valence electrons. The summed E-state index contributed by atoms with van der Waals surface area (Å²) >= 11 is 5.88. The van der Waals surface area contributed by atoms with Crippen LogP contribution in [-0.4, -0.2) is 43.1 Å². The first-order valence-corrected chi connectivity index (χ1v) is 5.58. The average molecular weight is 237 g/mol. The second-order valence-corrected chi connectivity index (χ2v) is 4.33. The van der Waals surface area contributed by atoms with Crippen LogP contribution in [0.15, 0.2) is 12.1 Å². The van der Waals surface area contributed by atoms with Crippen molar-refractivity contribution in [3.05, 3.63) is 22.8 Å². The van der Waals surface area contributed by atoms with Crippen LogP contribution in [0.3, 0.4) is 0 Å². The van der Waals surface area contributed by atoms with Crippen LogP contribution in [-0.2, 0) is 0 Å². The van der Waals surface area contributed by atoms with Crippen molar-refractivity contribution in [2.24, 2.45) is 0 Å². The molecule has 5 heteroatoms. The van der Waals surface area contributed by atoms with Gasteiger partial charge < -0.3 is 9.80 Å². The number of likely N-dealkylation sites (N-methyl/N-ethyl adjacent to an activating group) is 1. The fourth-order valence-corrected chi connectivity index (χ4v) is 1.95. The quantitative estimate of drug-likeness (QED) is 0.691. The molecule has 16 heavy (non-hydrogen) atoms. The summed E-state index contributed by atoms with van der Waals surface area (Å²) in [4.78, 5) is 8.68. The Morgan fingerprint density at radius 3 is 2.62 bits per heavy atom. The zero-order valence-electron chi connectivity index (χ0n) is 9.15. The molecule has 0 atom stereocenters. The lowest BCUT2D eigenvalue weighted by atomic mass is 10.2. The molecule has 0 spiro atoms. The van der Waals surface area contributed by atoms with Gasteiger partial charge in [-0.3, -0.25) is 0 Å². The van der Waals surface area contributed by atoms with Gasteiger partial charge in [0.1, 0.15) is 11.0 Å². The first kappa shape index (κ1) is 11.2. The van der Waals surface area contributed by atoms with E-state index in [2.05, 4.69) is 27.9 Å². The third-order valence-corrected chi connectivity index (χ3v) is 2.93. The van der Waals surface area contributed by atoms with Gasteiger partial charge in [0.15, 0.2) is 0 Å². The first-order chi connectivity index (χ1) is 7.69. The molecule has 1 fully saturated rings. The summed E-state index contributed by atoms with van der Waals surface area (Å²) in [6.07, 6.45) is 0. The van der Waals surface area contributed by atoms with Gasteiger partial charge >= 0.3 is 0 Å². The van der Waals surface area contributed by atoms with Gasteiger partial charge in [0.2, 0.25) is 0 Å². The van der Waals surface area contributed by atoms with E-state index in [4.69, 9.17) is 16.9 Å². The minimum Gasteiger partial charge on any atom is -0.354 e. The maximum atomic E-state index is 8.86. The lowest BCUT2D eigenvalue weighted by Crippen LogP contribution is -2.44. The van der Waals surface area contributed by atoms with Gasteiger partial charge in [-0.25, -0.2) is 4.98 Å². The summed E-state index contributed by atoms with van der Waals surface area (Å²) in [6, 6.07) is 5.47. The molecule has 1 aliphatic heterocycles. The van der Waals surface area contributed by atoms with Gasteiger partial charge in [0, 0.05) is 26.2 Å². The first-order valence-electron chi connectivity index (χ1n) is 5.20. The van der Waals surface area contributed by atoms with Crippen LogP contribution in [0.1, 0.15) is 5.56 Å². The second-order valence-electron chi connectivity index (χ2n) is 3.94. The minimum absolute atomic E-state index is 0.382. The van der Waals surface area contributed by atoms with Crippen molar-refractivity contribution in [1.29, 1.82) is 5.26 Å². The van der Waals surface area contributed by atoms with E-state index >= 15 is 0 Å². The number of pyridine rings is 1. The standard InChI is InChI=1S/C11H13ClN4/c1-15-2-4-16(5-3-15)11-7-9(8-13)6-10(12)14-11/h6-7H,2-5H2,1H3. The Morgan fingerprint density at radius 2 is 2.00 bits per heavy atom. The summed E-state index contributed by atoms with van der Waals surface area (Å²) in [5.74, 6) is 0.803. The smallest absolute Gasteiger partial charge is 0.132 e. The van der Waals surface area contributed by atoms with Crippen LogP contribution in [0.4, 0.5) is 5.82 Å². The summed E-state index contributed by atoms with van der Waals surface area (Å²) in [5.41, 5.74) is 0.564. The number of nitriles is 1. The van der Waals surface area contributed by atoms with E-state index in [9.17, 15) is 0 Å². The highest BCUT2D eigenvalue weighted by atomic mass is 35.5. The number of hydrogen-bond donors (Lipinski definition) is 0. The van der Waals surface area contributed by atoms with Crippen molar-refractivity contribution >= 4 is 17.4 Å². The summed E-state index contributed by atoms with van der Waals surface area (Å²) in [7, 11) is 2.10. The Bertz CT molecular complexity index is 418. The predicted molar refractivity (Wildman–Crippen MR) is 63.7 cm³/mol. The summed E-state index contributed by atoms with van der Waals surface area (Å²) in [5, 5.41) is 9.25. The molecular formula is C11H13ClN4. The van der Waals surface area contributed by atoms with Gasteiger partial charge in [-0.05, 0) is 19.2 Å². The van der Waals surface area contributed by atoms with Crippen molar-refractivity contribution in [3.8, 4) is 6.07 Å². The summed E-state index contributed by atoms with van der Waals surface area (Å²) in [6.45, 7) is 3.87. The van der Waals surface area contributed by atoms with Crippen LogP contribution >= 0.6 is 11.6 Å². The molecule has 0 amide bonds. The van der Waals surface area contributed by atoms with Crippen molar-refractivity contribution in [2.45, 2.75) is 0 Å². The highest BCUT2D eigenvalue weighted by Crippen LogP contribution is 2.18. The zero-order chi connectivity index (χ0) is 11.5. The monoisotopic (exact) mass is 236 g/mol. The molecule has 4 nitrogen and oxygen atoms in total. The Kier molecular flexibility index (Phi) is 3.28. The van der Waals surface area contributed by atoms with E-state index in [0.717, 1.165) is 32.0 Å². The molecule has 0 bridgehead atoms. The van der Waals surface area contributed by atoms with Crippen LogP contribution in [0.5, 0.6) is 0 Å². The predicted octanol–water partition coefficient (Wildman–Crippen LogP) is 1.36. The van der Waals surface area contributed by atoms with Gasteiger partial charge in [-0.15, -0.1) is 0 Å². The molecule has 1 aromatic rings. The Balaban J connectivity index is 2.20. The van der Waals surface area contributed by atoms with E-state index in [-0.39, 0.29) is 0 Å². The number of aromatic nitrogens is 1. The lowest BCUT2D eigenvalue weighted by Gasteiger charge is -2.33.